The van der Waals surface area contributed by atoms with Gasteiger partial charge >= 0.3 is 11.2 Å². The summed E-state index contributed by atoms with van der Waals surface area (Å²) in [7, 11) is -5.92. The second kappa shape index (κ2) is 11.4. The SMILES string of the molecule is CCCCOc1ccc([S+]2CCCC2)c2ccccc12.O=S(=O)([O-])C(F)(F)C(F)(F)C1CC2CC1C1C3CCC(C3)C21. The Balaban J connectivity index is 0.000000151. The smallest absolute Gasteiger partial charge is 0.396 e. The molecule has 232 valence electrons. The van der Waals surface area contributed by atoms with Gasteiger partial charge in [-0.3, -0.25) is 0 Å². The van der Waals surface area contributed by atoms with Gasteiger partial charge < -0.3 is 9.29 Å². The average Bonchev–Trinajstić information content (AvgIpc) is 3.79. The lowest BCUT2D eigenvalue weighted by atomic mass is 9.66. The highest BCUT2D eigenvalue weighted by atomic mass is 32.2. The molecular weight excluding hydrogens is 588 g/mol. The molecule has 2 aromatic rings. The lowest BCUT2D eigenvalue weighted by Gasteiger charge is -2.43. The number of alkyl halides is 4. The minimum absolute atomic E-state index is 0.00803. The van der Waals surface area contributed by atoms with Gasteiger partial charge in [0.15, 0.2) is 15.0 Å². The lowest BCUT2D eigenvalue weighted by molar-refractivity contribution is -0.210. The summed E-state index contributed by atoms with van der Waals surface area (Å²) in [5.74, 6) is -1.99. The van der Waals surface area contributed by atoms with Gasteiger partial charge in [0.1, 0.15) is 17.3 Å². The maximum Gasteiger partial charge on any atom is 0.396 e. The second-order valence-corrected chi connectivity index (χ2v) is 16.7. The highest BCUT2D eigenvalue weighted by Crippen LogP contribution is 2.71. The number of halogens is 4. The lowest BCUT2D eigenvalue weighted by Crippen LogP contribution is -2.54. The fraction of sp³-hybridized carbons (Fsp3) is 0.688. The van der Waals surface area contributed by atoms with E-state index in [0.29, 0.717) is 35.1 Å². The van der Waals surface area contributed by atoms with Crippen molar-refractivity contribution >= 4 is 31.8 Å². The molecule has 4 aliphatic carbocycles. The van der Waals surface area contributed by atoms with E-state index in [1.165, 1.54) is 41.5 Å². The van der Waals surface area contributed by atoms with Crippen LogP contribution in [0.4, 0.5) is 17.6 Å². The number of ether oxygens (including phenoxy) is 1. The van der Waals surface area contributed by atoms with Crippen LogP contribution in [0.5, 0.6) is 5.75 Å². The summed E-state index contributed by atoms with van der Waals surface area (Å²) < 4.78 is 93.5. The topological polar surface area (TPSA) is 66.4 Å². The van der Waals surface area contributed by atoms with Crippen molar-refractivity contribution in [2.75, 3.05) is 18.1 Å². The molecule has 4 bridgehead atoms. The largest absolute Gasteiger partial charge is 0.743 e. The summed E-state index contributed by atoms with van der Waals surface area (Å²) in [6.07, 6.45) is 8.56. The Kier molecular flexibility index (Phi) is 8.31. The maximum absolute atomic E-state index is 14.2. The zero-order valence-electron chi connectivity index (χ0n) is 24.0. The van der Waals surface area contributed by atoms with Crippen LogP contribution in [0.2, 0.25) is 0 Å². The van der Waals surface area contributed by atoms with E-state index in [2.05, 4.69) is 43.3 Å². The van der Waals surface area contributed by atoms with E-state index in [9.17, 15) is 30.5 Å². The molecule has 42 heavy (non-hydrogen) atoms. The van der Waals surface area contributed by atoms with Crippen molar-refractivity contribution < 1.29 is 35.3 Å². The van der Waals surface area contributed by atoms with E-state index in [4.69, 9.17) is 4.74 Å². The number of fused-ring (bicyclic) bond motifs is 10. The molecule has 4 nitrogen and oxygen atoms in total. The van der Waals surface area contributed by atoms with Crippen LogP contribution >= 0.6 is 0 Å². The summed E-state index contributed by atoms with van der Waals surface area (Å²) >= 11 is 0. The Morgan fingerprint density at radius 1 is 0.905 bits per heavy atom. The first-order valence-corrected chi connectivity index (χ1v) is 18.5. The van der Waals surface area contributed by atoms with Crippen molar-refractivity contribution in [3.63, 3.8) is 0 Å². The van der Waals surface area contributed by atoms with Crippen molar-refractivity contribution in [2.45, 2.75) is 80.8 Å². The summed E-state index contributed by atoms with van der Waals surface area (Å²) in [5, 5.41) is -2.82. The molecule has 1 saturated heterocycles. The van der Waals surface area contributed by atoms with Gasteiger partial charge in [-0.2, -0.15) is 17.6 Å². The molecule has 0 amide bonds. The van der Waals surface area contributed by atoms with Crippen LogP contribution in [0.25, 0.3) is 10.8 Å². The Hall–Kier alpha value is -1.52. The Morgan fingerprint density at radius 3 is 2.24 bits per heavy atom. The highest BCUT2D eigenvalue weighted by molar-refractivity contribution is 7.97. The van der Waals surface area contributed by atoms with E-state index in [1.807, 2.05) is 0 Å². The number of hydrogen-bond donors (Lipinski definition) is 0. The molecule has 0 N–H and O–H groups in total. The van der Waals surface area contributed by atoms with Gasteiger partial charge in [-0.1, -0.05) is 31.5 Å². The van der Waals surface area contributed by atoms with Crippen LogP contribution in [0.3, 0.4) is 0 Å². The van der Waals surface area contributed by atoms with E-state index in [-0.39, 0.29) is 18.3 Å². The predicted octanol–water partition coefficient (Wildman–Crippen LogP) is 7.87. The van der Waals surface area contributed by atoms with Gasteiger partial charge in [0, 0.05) is 27.6 Å². The highest BCUT2D eigenvalue weighted by Gasteiger charge is 2.73. The van der Waals surface area contributed by atoms with Crippen LogP contribution in [0.1, 0.15) is 64.7 Å². The molecule has 7 atom stereocenters. The zero-order chi connectivity index (χ0) is 29.9. The van der Waals surface area contributed by atoms with E-state index in [0.717, 1.165) is 38.0 Å². The van der Waals surface area contributed by atoms with Crippen LogP contribution in [-0.4, -0.2) is 42.3 Å². The predicted molar refractivity (Wildman–Crippen MR) is 156 cm³/mol. The summed E-state index contributed by atoms with van der Waals surface area (Å²) in [5.41, 5.74) is 0. The maximum atomic E-state index is 14.2. The molecule has 0 radical (unpaired) electrons. The zero-order valence-corrected chi connectivity index (χ0v) is 25.6. The number of unbranched alkanes of at least 4 members (excludes halogenated alkanes) is 1. The van der Waals surface area contributed by atoms with Gasteiger partial charge in [0.25, 0.3) is 0 Å². The summed E-state index contributed by atoms with van der Waals surface area (Å²) in [6.45, 7) is 3.03. The minimum Gasteiger partial charge on any atom is -0.743 e. The second-order valence-electron chi connectivity index (χ2n) is 13.0. The molecule has 0 spiro atoms. The molecule has 1 heterocycles. The normalized spacial score (nSPS) is 32.3. The standard InChI is InChI=1S/C18H23OS.C14H18F4O3S/c1-2-3-12-19-17-10-11-18(20-13-6-7-14-20)16-9-5-4-8-15(16)17;15-13(16,14(17,18)22(19,20)21)10-5-8-4-9(10)12-7-2-1-6(3-7)11(8)12/h4-5,8-11H,2-3,6-7,12-14H2,1H3;6-12H,1-5H2,(H,19,20,21)/q+1;/p-1. The van der Waals surface area contributed by atoms with Crippen LogP contribution in [0, 0.1) is 41.4 Å². The minimum atomic E-state index is -6.38. The molecular formula is C32H40F4O4S2. The molecule has 10 heteroatoms. The quantitative estimate of drug-likeness (QED) is 0.0982. The molecule has 2 aromatic carbocycles. The van der Waals surface area contributed by atoms with Gasteiger partial charge in [-0.05, 0) is 105 Å². The Morgan fingerprint density at radius 2 is 1.57 bits per heavy atom. The summed E-state index contributed by atoms with van der Waals surface area (Å²) in [6, 6.07) is 13.3. The molecule has 1 aliphatic heterocycles. The van der Waals surface area contributed by atoms with Crippen LogP contribution in [0.15, 0.2) is 41.3 Å². The molecule has 5 fully saturated rings. The third-order valence-electron chi connectivity index (χ3n) is 10.8. The molecule has 0 aromatic heterocycles. The number of benzene rings is 2. The third-order valence-corrected chi connectivity index (χ3v) is 14.3. The van der Waals surface area contributed by atoms with Gasteiger partial charge in [0.05, 0.1) is 6.61 Å². The average molecular weight is 629 g/mol. The van der Waals surface area contributed by atoms with Crippen LogP contribution in [-0.2, 0) is 21.0 Å². The van der Waals surface area contributed by atoms with Crippen LogP contribution < -0.4 is 4.74 Å². The fourth-order valence-corrected chi connectivity index (χ4v) is 12.2. The van der Waals surface area contributed by atoms with Gasteiger partial charge in [0.2, 0.25) is 0 Å². The fourth-order valence-electron chi connectivity index (χ4n) is 9.19. The van der Waals surface area contributed by atoms with Gasteiger partial charge in [-0.15, -0.1) is 0 Å². The first-order valence-electron chi connectivity index (χ1n) is 15.5. The molecule has 7 rings (SSSR count). The van der Waals surface area contributed by atoms with Crippen molar-refractivity contribution in [3.8, 4) is 5.75 Å². The van der Waals surface area contributed by atoms with Crippen molar-refractivity contribution in [3.05, 3.63) is 36.4 Å². The monoisotopic (exact) mass is 628 g/mol. The first kappa shape index (κ1) is 30.5. The van der Waals surface area contributed by atoms with E-state index >= 15 is 0 Å². The third kappa shape index (κ3) is 5.05. The molecule has 7 unspecified atom stereocenters. The van der Waals surface area contributed by atoms with Crippen molar-refractivity contribution in [1.82, 2.24) is 0 Å². The Bertz CT molecular complexity index is 1390. The Labute approximate surface area is 249 Å². The van der Waals surface area contributed by atoms with Crippen molar-refractivity contribution in [1.29, 1.82) is 0 Å². The summed E-state index contributed by atoms with van der Waals surface area (Å²) in [4.78, 5) is 1.56. The van der Waals surface area contributed by atoms with Gasteiger partial charge in [-0.25, -0.2) is 8.42 Å². The molecule has 5 aliphatic rings. The number of hydrogen-bond acceptors (Lipinski definition) is 4. The molecule has 4 saturated carbocycles. The van der Waals surface area contributed by atoms with Crippen molar-refractivity contribution in [2.24, 2.45) is 41.4 Å². The van der Waals surface area contributed by atoms with E-state index < -0.39 is 33.1 Å². The van der Waals surface area contributed by atoms with E-state index in [1.54, 1.807) is 4.90 Å². The first-order chi connectivity index (χ1) is 20.0. The number of rotatable bonds is 8.